The molecule has 0 atom stereocenters. The number of anilines is 1. The molecule has 0 aliphatic rings. The zero-order chi connectivity index (χ0) is 16.7. The van der Waals surface area contributed by atoms with Crippen molar-refractivity contribution in [2.45, 2.75) is 0 Å². The third-order valence-corrected chi connectivity index (χ3v) is 4.09. The quantitative estimate of drug-likeness (QED) is 0.451. The lowest BCUT2D eigenvalue weighted by Gasteiger charge is -2.11. The van der Waals surface area contributed by atoms with Crippen LogP contribution in [0.1, 0.15) is 0 Å². The van der Waals surface area contributed by atoms with Gasteiger partial charge in [-0.1, -0.05) is 24.3 Å². The molecule has 3 aromatic carbocycles. The molecule has 1 heterocycles. The summed E-state index contributed by atoms with van der Waals surface area (Å²) < 4.78 is 0. The van der Waals surface area contributed by atoms with Crippen molar-refractivity contribution in [2.24, 2.45) is 0 Å². The smallest absolute Gasteiger partial charge is 0.153 e. The number of aromatic amines is 1. The van der Waals surface area contributed by atoms with E-state index in [1.807, 2.05) is 36.4 Å². The van der Waals surface area contributed by atoms with Crippen LogP contribution in [0, 0.1) is 0 Å². The highest BCUT2D eigenvalue weighted by Gasteiger charge is 2.13. The van der Waals surface area contributed by atoms with Crippen LogP contribution in [0.3, 0.4) is 0 Å². The predicted molar refractivity (Wildman–Crippen MR) is 94.7 cm³/mol. The van der Waals surface area contributed by atoms with Crippen molar-refractivity contribution in [3.63, 3.8) is 0 Å². The number of aromatic hydroxyl groups is 2. The first-order valence-electron chi connectivity index (χ1n) is 7.48. The predicted octanol–water partition coefficient (Wildman–Crippen LogP) is 3.89. The third-order valence-electron chi connectivity index (χ3n) is 4.09. The molecule has 0 amide bonds. The van der Waals surface area contributed by atoms with Gasteiger partial charge in [-0.3, -0.25) is 5.10 Å². The van der Waals surface area contributed by atoms with E-state index in [2.05, 4.69) is 10.2 Å². The first kappa shape index (κ1) is 14.1. The Hall–Kier alpha value is -3.47. The van der Waals surface area contributed by atoms with Gasteiger partial charge in [0, 0.05) is 5.39 Å². The number of nitrogen functional groups attached to an aromatic ring is 1. The molecule has 0 unspecified atom stereocenters. The minimum atomic E-state index is 0.217. The summed E-state index contributed by atoms with van der Waals surface area (Å²) in [4.78, 5) is 0. The summed E-state index contributed by atoms with van der Waals surface area (Å²) in [5.41, 5.74) is 10.7. The van der Waals surface area contributed by atoms with Crippen LogP contribution in [0.4, 0.5) is 5.82 Å². The van der Waals surface area contributed by atoms with E-state index in [4.69, 9.17) is 5.73 Å². The van der Waals surface area contributed by atoms with Gasteiger partial charge in [0.05, 0.1) is 5.52 Å². The lowest BCUT2D eigenvalue weighted by molar-refractivity contribution is 0.475. The Morgan fingerprint density at radius 2 is 1.25 bits per heavy atom. The first-order chi connectivity index (χ1) is 11.6. The van der Waals surface area contributed by atoms with Gasteiger partial charge < -0.3 is 15.9 Å². The number of nitrogens with zero attached hydrogens (tertiary/aromatic N) is 1. The topological polar surface area (TPSA) is 95.2 Å². The average Bonchev–Trinajstić information content (AvgIpc) is 2.96. The highest BCUT2D eigenvalue weighted by Crippen LogP contribution is 2.37. The molecule has 0 bridgehead atoms. The van der Waals surface area contributed by atoms with E-state index in [1.54, 1.807) is 24.3 Å². The molecule has 24 heavy (non-hydrogen) atoms. The summed E-state index contributed by atoms with van der Waals surface area (Å²) in [5, 5.41) is 26.9. The number of nitrogens with two attached hydrogens (primary N) is 1. The number of aromatic nitrogens is 2. The van der Waals surface area contributed by atoms with Crippen molar-refractivity contribution >= 4 is 16.7 Å². The summed E-state index contributed by atoms with van der Waals surface area (Å²) in [6.45, 7) is 0. The minimum absolute atomic E-state index is 0.217. The fourth-order valence-corrected chi connectivity index (χ4v) is 2.84. The summed E-state index contributed by atoms with van der Waals surface area (Å²) in [6.07, 6.45) is 0. The van der Waals surface area contributed by atoms with E-state index >= 15 is 0 Å². The van der Waals surface area contributed by atoms with Gasteiger partial charge in [-0.25, -0.2) is 0 Å². The maximum absolute atomic E-state index is 9.54. The Kier molecular flexibility index (Phi) is 3.13. The van der Waals surface area contributed by atoms with Gasteiger partial charge in [-0.15, -0.1) is 0 Å². The fraction of sp³-hybridized carbons (Fsp3) is 0. The van der Waals surface area contributed by atoms with E-state index in [-0.39, 0.29) is 11.5 Å². The van der Waals surface area contributed by atoms with Crippen molar-refractivity contribution < 1.29 is 10.2 Å². The van der Waals surface area contributed by atoms with Crippen LogP contribution in [0.25, 0.3) is 33.2 Å². The van der Waals surface area contributed by atoms with Crippen LogP contribution in [-0.2, 0) is 0 Å². The molecule has 0 aliphatic heterocycles. The van der Waals surface area contributed by atoms with Crippen LogP contribution in [0.15, 0.2) is 60.7 Å². The van der Waals surface area contributed by atoms with Gasteiger partial charge >= 0.3 is 0 Å². The molecule has 0 fully saturated rings. The molecule has 4 aromatic rings. The molecular weight excluding hydrogens is 302 g/mol. The maximum atomic E-state index is 9.54. The second-order valence-electron chi connectivity index (χ2n) is 5.65. The molecule has 0 saturated heterocycles. The largest absolute Gasteiger partial charge is 0.508 e. The zero-order valence-electron chi connectivity index (χ0n) is 12.7. The van der Waals surface area contributed by atoms with Crippen LogP contribution >= 0.6 is 0 Å². The summed E-state index contributed by atoms with van der Waals surface area (Å²) in [5.74, 6) is 0.882. The van der Waals surface area contributed by atoms with Crippen LogP contribution in [-0.4, -0.2) is 20.4 Å². The lowest BCUT2D eigenvalue weighted by Crippen LogP contribution is -1.88. The Bertz CT molecular complexity index is 1020. The van der Waals surface area contributed by atoms with E-state index in [9.17, 15) is 10.2 Å². The first-order valence-corrected chi connectivity index (χ1v) is 7.48. The Morgan fingerprint density at radius 1 is 0.750 bits per heavy atom. The lowest BCUT2D eigenvalue weighted by atomic mass is 9.93. The molecule has 0 saturated carbocycles. The minimum Gasteiger partial charge on any atom is -0.508 e. The number of hydrogen-bond acceptors (Lipinski definition) is 4. The highest BCUT2D eigenvalue weighted by molar-refractivity contribution is 5.99. The van der Waals surface area contributed by atoms with E-state index < -0.39 is 0 Å². The SMILES string of the molecule is Nc1n[nH]c2cc(-c3ccc(O)cc3)c(-c3ccc(O)cc3)cc12. The molecule has 118 valence electrons. The summed E-state index contributed by atoms with van der Waals surface area (Å²) in [7, 11) is 0. The zero-order valence-corrected chi connectivity index (χ0v) is 12.7. The van der Waals surface area contributed by atoms with Gasteiger partial charge in [0.15, 0.2) is 5.82 Å². The van der Waals surface area contributed by atoms with Gasteiger partial charge in [-0.05, 0) is 58.7 Å². The molecular formula is C19H15N3O2. The maximum Gasteiger partial charge on any atom is 0.153 e. The number of nitrogens with one attached hydrogen (secondary N) is 1. The van der Waals surface area contributed by atoms with E-state index in [0.29, 0.717) is 5.82 Å². The number of fused-ring (bicyclic) bond motifs is 1. The number of hydrogen-bond donors (Lipinski definition) is 4. The van der Waals surface area contributed by atoms with Crippen LogP contribution in [0.5, 0.6) is 11.5 Å². The molecule has 0 aliphatic carbocycles. The molecule has 0 radical (unpaired) electrons. The van der Waals surface area contributed by atoms with E-state index in [0.717, 1.165) is 33.2 Å². The third kappa shape index (κ3) is 2.32. The molecule has 5 heteroatoms. The number of H-pyrrole nitrogens is 1. The second kappa shape index (κ2) is 5.31. The molecule has 5 N–H and O–H groups in total. The van der Waals surface area contributed by atoms with Gasteiger partial charge in [0.1, 0.15) is 11.5 Å². The van der Waals surface area contributed by atoms with Crippen LogP contribution in [0.2, 0.25) is 0 Å². The molecule has 4 rings (SSSR count). The van der Waals surface area contributed by atoms with Crippen LogP contribution < -0.4 is 5.73 Å². The van der Waals surface area contributed by atoms with Crippen molar-refractivity contribution in [3.05, 3.63) is 60.7 Å². The van der Waals surface area contributed by atoms with Gasteiger partial charge in [0.2, 0.25) is 0 Å². The number of benzene rings is 3. The summed E-state index contributed by atoms with van der Waals surface area (Å²) in [6, 6.07) is 18.0. The van der Waals surface area contributed by atoms with Crippen molar-refractivity contribution in [3.8, 4) is 33.8 Å². The normalized spacial score (nSPS) is 11.0. The van der Waals surface area contributed by atoms with Gasteiger partial charge in [0.25, 0.3) is 0 Å². The van der Waals surface area contributed by atoms with Crippen molar-refractivity contribution in [1.29, 1.82) is 0 Å². The Morgan fingerprint density at radius 3 is 1.79 bits per heavy atom. The average molecular weight is 317 g/mol. The Labute approximate surface area is 138 Å². The van der Waals surface area contributed by atoms with Crippen molar-refractivity contribution in [2.75, 3.05) is 5.73 Å². The highest BCUT2D eigenvalue weighted by atomic mass is 16.3. The van der Waals surface area contributed by atoms with E-state index in [1.165, 1.54) is 0 Å². The molecule has 1 aromatic heterocycles. The number of rotatable bonds is 2. The van der Waals surface area contributed by atoms with Crippen molar-refractivity contribution in [1.82, 2.24) is 10.2 Å². The molecule has 0 spiro atoms. The standard InChI is InChI=1S/C19H15N3O2/c20-19-17-9-15(11-1-5-13(23)6-2-11)16(10-18(17)21-22-19)12-3-7-14(24)8-4-12/h1-10,23-24H,(H3,20,21,22). The summed E-state index contributed by atoms with van der Waals surface area (Å²) >= 11 is 0. The number of phenolic OH excluding ortho intramolecular Hbond substituents is 2. The monoisotopic (exact) mass is 317 g/mol. The Balaban J connectivity index is 2.00. The second-order valence-corrected chi connectivity index (χ2v) is 5.65. The molecule has 5 nitrogen and oxygen atoms in total. The van der Waals surface area contributed by atoms with Gasteiger partial charge in [-0.2, -0.15) is 5.10 Å². The fourth-order valence-electron chi connectivity index (χ4n) is 2.84. The number of phenols is 2.